The van der Waals surface area contributed by atoms with E-state index in [0.717, 1.165) is 33.2 Å². The predicted octanol–water partition coefficient (Wildman–Crippen LogP) is 3.42. The first kappa shape index (κ1) is 16.4. The number of rotatable bonds is 3. The maximum absolute atomic E-state index is 4.81. The number of hydrogen-bond donors (Lipinski definition) is 2. The molecule has 30 heavy (non-hydrogen) atoms. The lowest BCUT2D eigenvalue weighted by Crippen LogP contribution is -1.88. The number of nitrogens with zero attached hydrogens (tertiary/aromatic N) is 7. The van der Waals surface area contributed by atoms with Gasteiger partial charge in [-0.1, -0.05) is 0 Å². The van der Waals surface area contributed by atoms with Crippen LogP contribution in [0.3, 0.4) is 0 Å². The van der Waals surface area contributed by atoms with Crippen molar-refractivity contribution in [2.75, 3.05) is 0 Å². The minimum atomic E-state index is 0.644. The van der Waals surface area contributed by atoms with Crippen molar-refractivity contribution >= 4 is 21.9 Å². The van der Waals surface area contributed by atoms with Gasteiger partial charge in [-0.05, 0) is 24.3 Å². The Bertz CT molecular complexity index is 1490. The van der Waals surface area contributed by atoms with Crippen LogP contribution in [0.1, 0.15) is 0 Å². The second kappa shape index (κ2) is 6.52. The lowest BCUT2D eigenvalue weighted by molar-refractivity contribution is 1.10. The van der Waals surface area contributed by atoms with Crippen LogP contribution in [0, 0.1) is 0 Å². The van der Waals surface area contributed by atoms with Crippen molar-refractivity contribution in [2.24, 2.45) is 0 Å². The van der Waals surface area contributed by atoms with Gasteiger partial charge < -0.3 is 4.98 Å². The molecule has 6 heterocycles. The zero-order valence-electron chi connectivity index (χ0n) is 15.5. The predicted molar refractivity (Wildman–Crippen MR) is 111 cm³/mol. The molecule has 2 N–H and O–H groups in total. The Balaban J connectivity index is 1.52. The maximum atomic E-state index is 4.81. The molecule has 0 aliphatic heterocycles. The lowest BCUT2D eigenvalue weighted by Gasteiger charge is -2.00. The average Bonchev–Trinajstić information content (AvgIpc) is 3.43. The fraction of sp³-hybridized carbons (Fsp3) is 0. The number of pyridine rings is 3. The highest BCUT2D eigenvalue weighted by molar-refractivity contribution is 5.96. The molecule has 142 valence electrons. The van der Waals surface area contributed by atoms with Gasteiger partial charge in [0, 0.05) is 41.9 Å². The summed E-state index contributed by atoms with van der Waals surface area (Å²) in [5, 5.41) is 8.38. The Hall–Kier alpha value is -4.53. The van der Waals surface area contributed by atoms with E-state index in [1.165, 1.54) is 0 Å². The quantitative estimate of drug-likeness (QED) is 0.474. The van der Waals surface area contributed by atoms with Crippen molar-refractivity contribution in [1.29, 1.82) is 0 Å². The summed E-state index contributed by atoms with van der Waals surface area (Å²) in [7, 11) is 0. The Morgan fingerprint density at radius 2 is 1.70 bits per heavy atom. The molecular weight excluding hydrogens is 378 g/mol. The lowest BCUT2D eigenvalue weighted by atomic mass is 10.1. The number of aromatic nitrogens is 9. The Labute approximate surface area is 169 Å². The van der Waals surface area contributed by atoms with E-state index >= 15 is 0 Å². The van der Waals surface area contributed by atoms with Gasteiger partial charge in [0.15, 0.2) is 5.82 Å². The Morgan fingerprint density at radius 3 is 2.57 bits per heavy atom. The second-order valence-electron chi connectivity index (χ2n) is 6.66. The first-order chi connectivity index (χ1) is 14.9. The van der Waals surface area contributed by atoms with Crippen molar-refractivity contribution in [3.63, 3.8) is 0 Å². The van der Waals surface area contributed by atoms with Crippen molar-refractivity contribution in [2.45, 2.75) is 0 Å². The molecule has 9 nitrogen and oxygen atoms in total. The van der Waals surface area contributed by atoms with Gasteiger partial charge in [-0.2, -0.15) is 5.10 Å². The monoisotopic (exact) mass is 391 g/mol. The van der Waals surface area contributed by atoms with Gasteiger partial charge in [-0.25, -0.2) is 4.98 Å². The molecule has 6 aromatic heterocycles. The van der Waals surface area contributed by atoms with E-state index in [1.807, 2.05) is 24.3 Å². The average molecular weight is 391 g/mol. The Morgan fingerprint density at radius 1 is 0.733 bits per heavy atom. The molecule has 0 unspecified atom stereocenters. The number of aromatic amines is 2. The van der Waals surface area contributed by atoms with Crippen LogP contribution in [0.4, 0.5) is 0 Å². The SMILES string of the molecule is c1cncc(-c2nccc3[nH]c(-c4n[nH]c5cnc(-c6cnccn6)cc45)nc23)c1. The summed E-state index contributed by atoms with van der Waals surface area (Å²) in [6, 6.07) is 7.68. The summed E-state index contributed by atoms with van der Waals surface area (Å²) < 4.78 is 0. The summed E-state index contributed by atoms with van der Waals surface area (Å²) >= 11 is 0. The van der Waals surface area contributed by atoms with Gasteiger partial charge in [-0.3, -0.25) is 30.0 Å². The highest BCUT2D eigenvalue weighted by Gasteiger charge is 2.17. The summed E-state index contributed by atoms with van der Waals surface area (Å²) in [5.41, 5.74) is 6.23. The third-order valence-corrected chi connectivity index (χ3v) is 4.83. The van der Waals surface area contributed by atoms with Crippen LogP contribution < -0.4 is 0 Å². The van der Waals surface area contributed by atoms with Crippen molar-refractivity contribution in [3.05, 3.63) is 67.6 Å². The summed E-state index contributed by atoms with van der Waals surface area (Å²) in [5.74, 6) is 0.644. The van der Waals surface area contributed by atoms with Gasteiger partial charge in [0.1, 0.15) is 16.9 Å². The fourth-order valence-electron chi connectivity index (χ4n) is 3.43. The third-order valence-electron chi connectivity index (χ3n) is 4.83. The third kappa shape index (κ3) is 2.60. The molecule has 9 heteroatoms. The van der Waals surface area contributed by atoms with E-state index in [-0.39, 0.29) is 0 Å². The molecular formula is C21H13N9. The summed E-state index contributed by atoms with van der Waals surface area (Å²) in [6.45, 7) is 0. The molecule has 0 aliphatic carbocycles. The van der Waals surface area contributed by atoms with Gasteiger partial charge in [-0.15, -0.1) is 0 Å². The zero-order chi connectivity index (χ0) is 19.9. The molecule has 0 aliphatic rings. The molecule has 0 amide bonds. The van der Waals surface area contributed by atoms with E-state index in [9.17, 15) is 0 Å². The topological polar surface area (TPSA) is 122 Å². The van der Waals surface area contributed by atoms with Gasteiger partial charge in [0.25, 0.3) is 0 Å². The molecule has 0 radical (unpaired) electrons. The largest absolute Gasteiger partial charge is 0.336 e. The van der Waals surface area contributed by atoms with Gasteiger partial charge in [0.2, 0.25) is 0 Å². The number of hydrogen-bond acceptors (Lipinski definition) is 7. The number of H-pyrrole nitrogens is 2. The summed E-state index contributed by atoms with van der Waals surface area (Å²) in [6.07, 6.45) is 12.0. The van der Waals surface area contributed by atoms with Crippen molar-refractivity contribution in [3.8, 4) is 34.2 Å². The van der Waals surface area contributed by atoms with E-state index in [4.69, 9.17) is 4.98 Å². The number of nitrogens with one attached hydrogen (secondary N) is 2. The molecule has 0 saturated heterocycles. The van der Waals surface area contributed by atoms with Gasteiger partial charge >= 0.3 is 0 Å². The smallest absolute Gasteiger partial charge is 0.159 e. The van der Waals surface area contributed by atoms with Crippen molar-refractivity contribution in [1.82, 2.24) is 45.1 Å². The minimum absolute atomic E-state index is 0.644. The van der Waals surface area contributed by atoms with Crippen LogP contribution >= 0.6 is 0 Å². The summed E-state index contributed by atoms with van der Waals surface area (Å²) in [4.78, 5) is 29.8. The van der Waals surface area contributed by atoms with Crippen LogP contribution in [-0.2, 0) is 0 Å². The number of imidazole rings is 1. The highest BCUT2D eigenvalue weighted by Crippen LogP contribution is 2.30. The van der Waals surface area contributed by atoms with Crippen molar-refractivity contribution < 1.29 is 0 Å². The van der Waals surface area contributed by atoms with Crippen LogP contribution in [0.15, 0.2) is 67.6 Å². The van der Waals surface area contributed by atoms with E-state index in [1.54, 1.807) is 43.4 Å². The van der Waals surface area contributed by atoms with Crippen LogP contribution in [-0.4, -0.2) is 45.1 Å². The molecule has 0 bridgehead atoms. The molecule has 0 fully saturated rings. The highest BCUT2D eigenvalue weighted by atomic mass is 15.1. The normalized spacial score (nSPS) is 11.3. The Kier molecular flexibility index (Phi) is 3.57. The minimum Gasteiger partial charge on any atom is -0.336 e. The first-order valence-electron chi connectivity index (χ1n) is 9.23. The first-order valence-corrected chi connectivity index (χ1v) is 9.23. The number of fused-ring (bicyclic) bond motifs is 2. The van der Waals surface area contributed by atoms with E-state index in [0.29, 0.717) is 22.9 Å². The second-order valence-corrected chi connectivity index (χ2v) is 6.66. The van der Waals surface area contributed by atoms with Crippen LogP contribution in [0.2, 0.25) is 0 Å². The molecule has 0 saturated carbocycles. The molecule has 0 atom stereocenters. The molecule has 6 aromatic rings. The molecule has 6 rings (SSSR count). The fourth-order valence-corrected chi connectivity index (χ4v) is 3.43. The maximum Gasteiger partial charge on any atom is 0.159 e. The van der Waals surface area contributed by atoms with Gasteiger partial charge in [0.05, 0.1) is 34.8 Å². The standard InChI is InChI=1S/C21H13N9/c1-2-12(9-22-4-1)18-20-14(3-5-25-18)27-21(28-20)19-13-8-15(17-10-23-6-7-24-17)26-11-16(13)29-30-19/h1-11H,(H,27,28)(H,29,30). The molecule has 0 spiro atoms. The van der Waals surface area contributed by atoms with E-state index in [2.05, 4.69) is 40.1 Å². The van der Waals surface area contributed by atoms with E-state index < -0.39 is 0 Å². The molecule has 0 aromatic carbocycles. The van der Waals surface area contributed by atoms with Crippen LogP contribution in [0.5, 0.6) is 0 Å². The van der Waals surface area contributed by atoms with Crippen LogP contribution in [0.25, 0.3) is 56.1 Å². The zero-order valence-corrected chi connectivity index (χ0v) is 15.5.